The molecule has 0 bridgehead atoms. The molecular weight excluding hydrogens is 243 g/mol. The van der Waals surface area contributed by atoms with Gasteiger partial charge < -0.3 is 5.73 Å². The maximum atomic E-state index is 12.8. The molecule has 0 radical (unpaired) electrons. The lowest BCUT2D eigenvalue weighted by molar-refractivity contribution is 0.475. The minimum absolute atomic E-state index is 0.0783. The second-order valence-electron chi connectivity index (χ2n) is 3.59. The highest BCUT2D eigenvalue weighted by molar-refractivity contribution is 7.89. The number of nitrogens with two attached hydrogens (primary N) is 1. The van der Waals surface area contributed by atoms with Gasteiger partial charge in [0.2, 0.25) is 10.0 Å². The fourth-order valence-corrected chi connectivity index (χ4v) is 2.59. The van der Waals surface area contributed by atoms with Gasteiger partial charge in [-0.1, -0.05) is 6.08 Å². The molecule has 0 unspecified atom stereocenters. The first-order valence-electron chi connectivity index (χ1n) is 5.02. The molecule has 0 aliphatic carbocycles. The van der Waals surface area contributed by atoms with Crippen molar-refractivity contribution < 1.29 is 12.8 Å². The predicted molar refractivity (Wildman–Crippen MR) is 65.4 cm³/mol. The van der Waals surface area contributed by atoms with E-state index in [-0.39, 0.29) is 10.6 Å². The van der Waals surface area contributed by atoms with Crippen LogP contribution >= 0.6 is 0 Å². The zero-order valence-electron chi connectivity index (χ0n) is 9.56. The van der Waals surface area contributed by atoms with Crippen molar-refractivity contribution in [2.24, 2.45) is 0 Å². The Morgan fingerprint density at radius 1 is 1.53 bits per heavy atom. The van der Waals surface area contributed by atoms with Gasteiger partial charge in [0.1, 0.15) is 10.7 Å². The van der Waals surface area contributed by atoms with Crippen molar-refractivity contribution in [1.82, 2.24) is 4.31 Å². The van der Waals surface area contributed by atoms with Gasteiger partial charge in [0.05, 0.1) is 5.69 Å². The van der Waals surface area contributed by atoms with Gasteiger partial charge in [0, 0.05) is 13.6 Å². The molecule has 1 aromatic carbocycles. The number of sulfonamides is 1. The van der Waals surface area contributed by atoms with E-state index < -0.39 is 15.8 Å². The number of hydrogen-bond acceptors (Lipinski definition) is 3. The number of halogens is 1. The third-order valence-electron chi connectivity index (χ3n) is 2.31. The van der Waals surface area contributed by atoms with Crippen LogP contribution in [0.2, 0.25) is 0 Å². The molecular formula is C11H15FN2O2S. The number of hydrogen-bond donors (Lipinski definition) is 1. The molecule has 17 heavy (non-hydrogen) atoms. The van der Waals surface area contributed by atoms with Crippen molar-refractivity contribution in [2.45, 2.75) is 11.3 Å². The van der Waals surface area contributed by atoms with E-state index in [4.69, 9.17) is 5.73 Å². The Morgan fingerprint density at radius 2 is 2.18 bits per heavy atom. The molecule has 0 saturated carbocycles. The molecule has 0 spiro atoms. The molecule has 94 valence electrons. The molecule has 0 saturated heterocycles. The molecule has 1 aromatic rings. The van der Waals surface area contributed by atoms with Crippen molar-refractivity contribution in [3.8, 4) is 0 Å². The van der Waals surface area contributed by atoms with Gasteiger partial charge >= 0.3 is 0 Å². The van der Waals surface area contributed by atoms with E-state index in [9.17, 15) is 12.8 Å². The molecule has 0 aromatic heterocycles. The van der Waals surface area contributed by atoms with Crippen LogP contribution in [0.5, 0.6) is 0 Å². The monoisotopic (exact) mass is 258 g/mol. The largest absolute Gasteiger partial charge is 0.398 e. The number of anilines is 1. The SMILES string of the molecule is C=CCCN(C)S(=O)(=O)c1ccc(F)cc1N. The summed E-state index contributed by atoms with van der Waals surface area (Å²) in [5, 5.41) is 0. The average molecular weight is 258 g/mol. The van der Waals surface area contributed by atoms with Crippen molar-refractivity contribution >= 4 is 15.7 Å². The van der Waals surface area contributed by atoms with E-state index in [2.05, 4.69) is 6.58 Å². The quantitative estimate of drug-likeness (QED) is 0.644. The lowest BCUT2D eigenvalue weighted by Crippen LogP contribution is -2.28. The minimum Gasteiger partial charge on any atom is -0.398 e. The van der Waals surface area contributed by atoms with Crippen molar-refractivity contribution in [3.63, 3.8) is 0 Å². The van der Waals surface area contributed by atoms with Gasteiger partial charge in [-0.25, -0.2) is 17.1 Å². The van der Waals surface area contributed by atoms with Crippen molar-refractivity contribution in [2.75, 3.05) is 19.3 Å². The maximum Gasteiger partial charge on any atom is 0.244 e. The Balaban J connectivity index is 3.08. The summed E-state index contributed by atoms with van der Waals surface area (Å²) in [6.45, 7) is 3.83. The standard InChI is InChI=1S/C11H15FN2O2S/c1-3-4-7-14(2)17(15,16)11-6-5-9(12)8-10(11)13/h3,5-6,8H,1,4,7,13H2,2H3. The summed E-state index contributed by atoms with van der Waals surface area (Å²) in [6, 6.07) is 3.24. The van der Waals surface area contributed by atoms with Crippen LogP contribution in [0, 0.1) is 5.82 Å². The zero-order chi connectivity index (χ0) is 13.1. The van der Waals surface area contributed by atoms with E-state index in [1.165, 1.54) is 13.1 Å². The number of benzene rings is 1. The van der Waals surface area contributed by atoms with Crippen LogP contribution < -0.4 is 5.73 Å². The third-order valence-corrected chi connectivity index (χ3v) is 4.24. The Labute approximate surface area is 101 Å². The summed E-state index contributed by atoms with van der Waals surface area (Å²) in [4.78, 5) is -0.0783. The average Bonchev–Trinajstić information content (AvgIpc) is 2.25. The molecule has 0 amide bonds. The third kappa shape index (κ3) is 3.04. The molecule has 2 N–H and O–H groups in total. The number of nitrogens with zero attached hydrogens (tertiary/aromatic N) is 1. The molecule has 1 rings (SSSR count). The molecule has 4 nitrogen and oxygen atoms in total. The predicted octanol–water partition coefficient (Wildman–Crippen LogP) is 1.60. The van der Waals surface area contributed by atoms with E-state index >= 15 is 0 Å². The molecule has 0 heterocycles. The van der Waals surface area contributed by atoms with Crippen LogP contribution in [0.25, 0.3) is 0 Å². The van der Waals surface area contributed by atoms with Crippen LogP contribution in [0.3, 0.4) is 0 Å². The Bertz CT molecular complexity index is 514. The first-order chi connectivity index (χ1) is 7.89. The summed E-state index contributed by atoms with van der Waals surface area (Å²) in [7, 11) is -2.22. The summed E-state index contributed by atoms with van der Waals surface area (Å²) < 4.78 is 38.1. The lowest BCUT2D eigenvalue weighted by Gasteiger charge is -2.17. The fraction of sp³-hybridized carbons (Fsp3) is 0.273. The van der Waals surface area contributed by atoms with Crippen molar-refractivity contribution in [1.29, 1.82) is 0 Å². The van der Waals surface area contributed by atoms with Gasteiger partial charge in [-0.3, -0.25) is 0 Å². The highest BCUT2D eigenvalue weighted by atomic mass is 32.2. The molecule has 0 fully saturated rings. The Morgan fingerprint density at radius 3 is 2.71 bits per heavy atom. The first kappa shape index (κ1) is 13.7. The highest BCUT2D eigenvalue weighted by Crippen LogP contribution is 2.22. The Kier molecular flexibility index (Phi) is 4.25. The van der Waals surface area contributed by atoms with Crippen LogP contribution in [0.1, 0.15) is 6.42 Å². The van der Waals surface area contributed by atoms with Gasteiger partial charge in [0.25, 0.3) is 0 Å². The maximum absolute atomic E-state index is 12.8. The van der Waals surface area contributed by atoms with Crippen LogP contribution in [-0.4, -0.2) is 26.3 Å². The first-order valence-corrected chi connectivity index (χ1v) is 6.46. The minimum atomic E-state index is -3.66. The Hall–Kier alpha value is -1.40. The molecule has 0 aliphatic heterocycles. The summed E-state index contributed by atoms with van der Waals surface area (Å²) in [5.41, 5.74) is 5.42. The van der Waals surface area contributed by atoms with Crippen LogP contribution in [0.4, 0.5) is 10.1 Å². The fourth-order valence-electron chi connectivity index (χ4n) is 1.32. The summed E-state index contributed by atoms with van der Waals surface area (Å²) in [5.74, 6) is -0.560. The second kappa shape index (κ2) is 5.29. The van der Waals surface area contributed by atoms with Crippen molar-refractivity contribution in [3.05, 3.63) is 36.7 Å². The van der Waals surface area contributed by atoms with Gasteiger partial charge in [-0.05, 0) is 24.6 Å². The van der Waals surface area contributed by atoms with E-state index in [0.29, 0.717) is 13.0 Å². The lowest BCUT2D eigenvalue weighted by atomic mass is 10.3. The smallest absolute Gasteiger partial charge is 0.244 e. The van der Waals surface area contributed by atoms with Crippen LogP contribution in [0.15, 0.2) is 35.7 Å². The van der Waals surface area contributed by atoms with Gasteiger partial charge in [-0.15, -0.1) is 6.58 Å². The van der Waals surface area contributed by atoms with E-state index in [1.54, 1.807) is 6.08 Å². The second-order valence-corrected chi connectivity index (χ2v) is 5.60. The van der Waals surface area contributed by atoms with Gasteiger partial charge in [-0.2, -0.15) is 0 Å². The number of nitrogen functional groups attached to an aromatic ring is 1. The molecule has 0 atom stereocenters. The molecule has 6 heteroatoms. The van der Waals surface area contributed by atoms with E-state index in [0.717, 1.165) is 16.4 Å². The van der Waals surface area contributed by atoms with E-state index in [1.807, 2.05) is 0 Å². The topological polar surface area (TPSA) is 63.4 Å². The normalized spacial score (nSPS) is 11.7. The zero-order valence-corrected chi connectivity index (χ0v) is 10.4. The van der Waals surface area contributed by atoms with Crippen LogP contribution in [-0.2, 0) is 10.0 Å². The number of rotatable bonds is 5. The summed E-state index contributed by atoms with van der Waals surface area (Å²) in [6.07, 6.45) is 2.16. The highest BCUT2D eigenvalue weighted by Gasteiger charge is 2.22. The van der Waals surface area contributed by atoms with Gasteiger partial charge in [0.15, 0.2) is 0 Å². The molecule has 0 aliphatic rings. The summed E-state index contributed by atoms with van der Waals surface area (Å²) >= 11 is 0.